The zero-order valence-electron chi connectivity index (χ0n) is 7.44. The van der Waals surface area contributed by atoms with Crippen LogP contribution >= 0.6 is 11.3 Å². The van der Waals surface area contributed by atoms with Crippen LogP contribution in [0.4, 0.5) is 0 Å². The largest absolute Gasteiger partial charge is 0.396 e. The number of hydrogen-bond donors (Lipinski definition) is 2. The van der Waals surface area contributed by atoms with E-state index in [1.165, 1.54) is 17.7 Å². The van der Waals surface area contributed by atoms with E-state index in [2.05, 4.69) is 10.3 Å². The van der Waals surface area contributed by atoms with Crippen LogP contribution in [0.15, 0.2) is 11.7 Å². The summed E-state index contributed by atoms with van der Waals surface area (Å²) in [5, 5.41) is 12.4. The van der Waals surface area contributed by atoms with Gasteiger partial charge in [-0.25, -0.2) is 0 Å². The zero-order chi connectivity index (χ0) is 9.10. The van der Waals surface area contributed by atoms with Gasteiger partial charge in [0.15, 0.2) is 0 Å². The van der Waals surface area contributed by atoms with Gasteiger partial charge in [-0.1, -0.05) is 0 Å². The van der Waals surface area contributed by atoms with E-state index in [4.69, 9.17) is 5.11 Å². The Bertz CT molecular complexity index is 246. The third-order valence-electron chi connectivity index (χ3n) is 2.23. The van der Waals surface area contributed by atoms with Crippen molar-refractivity contribution < 1.29 is 5.11 Å². The molecule has 2 rings (SSSR count). The van der Waals surface area contributed by atoms with E-state index in [1.807, 2.05) is 11.7 Å². The maximum Gasteiger partial charge on any atom is 0.0794 e. The quantitative estimate of drug-likeness (QED) is 0.750. The summed E-state index contributed by atoms with van der Waals surface area (Å²) in [6.45, 7) is 0.238. The van der Waals surface area contributed by atoms with Crippen LogP contribution in [0.3, 0.4) is 0 Å². The molecule has 1 aliphatic carbocycles. The Morgan fingerprint density at radius 2 is 2.54 bits per heavy atom. The summed E-state index contributed by atoms with van der Waals surface area (Å²) in [7, 11) is 0. The van der Waals surface area contributed by atoms with Crippen molar-refractivity contribution >= 4 is 11.3 Å². The van der Waals surface area contributed by atoms with Crippen LogP contribution in [0.1, 0.15) is 30.2 Å². The number of aliphatic hydroxyl groups excluding tert-OH is 1. The molecule has 0 bridgehead atoms. The highest BCUT2D eigenvalue weighted by atomic mass is 32.1. The molecule has 1 aromatic rings. The van der Waals surface area contributed by atoms with Gasteiger partial charge in [0.25, 0.3) is 0 Å². The fourth-order valence-electron chi connectivity index (χ4n) is 1.37. The molecule has 3 nitrogen and oxygen atoms in total. The summed E-state index contributed by atoms with van der Waals surface area (Å²) in [6, 6.07) is 0.989. The molecule has 0 spiro atoms. The highest BCUT2D eigenvalue weighted by Gasteiger charge is 2.25. The Balaban J connectivity index is 1.95. The molecule has 13 heavy (non-hydrogen) atoms. The van der Waals surface area contributed by atoms with E-state index in [0.29, 0.717) is 12.1 Å². The fourth-order valence-corrected chi connectivity index (χ4v) is 2.08. The molecule has 1 saturated carbocycles. The molecule has 1 aliphatic rings. The summed E-state index contributed by atoms with van der Waals surface area (Å²) < 4.78 is 0. The first-order valence-electron chi connectivity index (χ1n) is 4.65. The maximum atomic E-state index is 8.91. The van der Waals surface area contributed by atoms with Gasteiger partial charge in [0.2, 0.25) is 0 Å². The molecule has 0 radical (unpaired) electrons. The van der Waals surface area contributed by atoms with Crippen molar-refractivity contribution in [1.29, 1.82) is 0 Å². The molecule has 1 atom stereocenters. The standard InChI is InChI=1S/C9H14N2OS/c12-4-3-8(11-7-1-2-7)9-5-10-6-13-9/h5-8,11-12H,1-4H2. The summed E-state index contributed by atoms with van der Waals surface area (Å²) in [4.78, 5) is 5.29. The van der Waals surface area contributed by atoms with Gasteiger partial charge in [-0.05, 0) is 19.3 Å². The Labute approximate surface area is 81.8 Å². The van der Waals surface area contributed by atoms with Gasteiger partial charge in [0.1, 0.15) is 0 Å². The number of rotatable bonds is 5. The summed E-state index contributed by atoms with van der Waals surface area (Å²) in [5.41, 5.74) is 1.84. The fraction of sp³-hybridized carbons (Fsp3) is 0.667. The van der Waals surface area contributed by atoms with Gasteiger partial charge < -0.3 is 10.4 Å². The lowest BCUT2D eigenvalue weighted by molar-refractivity contribution is 0.266. The van der Waals surface area contributed by atoms with E-state index in [9.17, 15) is 0 Å². The molecule has 0 aromatic carbocycles. The summed E-state index contributed by atoms with van der Waals surface area (Å²) in [5.74, 6) is 0. The van der Waals surface area contributed by atoms with Crippen molar-refractivity contribution in [3.05, 3.63) is 16.6 Å². The van der Waals surface area contributed by atoms with E-state index in [0.717, 1.165) is 6.42 Å². The minimum atomic E-state index is 0.238. The topological polar surface area (TPSA) is 45.1 Å². The monoisotopic (exact) mass is 198 g/mol. The van der Waals surface area contributed by atoms with Gasteiger partial charge >= 0.3 is 0 Å². The third kappa shape index (κ3) is 2.49. The van der Waals surface area contributed by atoms with Crippen molar-refractivity contribution in [2.75, 3.05) is 6.61 Å². The van der Waals surface area contributed by atoms with Crippen LogP contribution < -0.4 is 5.32 Å². The lowest BCUT2D eigenvalue weighted by atomic mass is 10.2. The molecule has 1 unspecified atom stereocenters. The molecule has 72 valence electrons. The zero-order valence-corrected chi connectivity index (χ0v) is 8.26. The molecular formula is C9H14N2OS. The van der Waals surface area contributed by atoms with Crippen LogP contribution in [-0.4, -0.2) is 22.7 Å². The third-order valence-corrected chi connectivity index (χ3v) is 3.12. The van der Waals surface area contributed by atoms with Crippen molar-refractivity contribution in [2.45, 2.75) is 31.3 Å². The predicted molar refractivity (Wildman–Crippen MR) is 52.7 cm³/mol. The Kier molecular flexibility index (Phi) is 2.93. The summed E-state index contributed by atoms with van der Waals surface area (Å²) in [6.07, 6.45) is 5.24. The highest BCUT2D eigenvalue weighted by molar-refractivity contribution is 7.09. The molecule has 1 heterocycles. The normalized spacial score (nSPS) is 18.8. The van der Waals surface area contributed by atoms with Gasteiger partial charge in [0.05, 0.1) is 5.51 Å². The lowest BCUT2D eigenvalue weighted by Gasteiger charge is -2.14. The maximum absolute atomic E-state index is 8.91. The average molecular weight is 198 g/mol. The molecule has 2 N–H and O–H groups in total. The Morgan fingerprint density at radius 3 is 3.08 bits per heavy atom. The molecule has 1 fully saturated rings. The number of hydrogen-bond acceptors (Lipinski definition) is 4. The minimum Gasteiger partial charge on any atom is -0.396 e. The summed E-state index contributed by atoms with van der Waals surface area (Å²) >= 11 is 1.66. The molecule has 0 saturated heterocycles. The predicted octanol–water partition coefficient (Wildman–Crippen LogP) is 1.32. The van der Waals surface area contributed by atoms with E-state index in [1.54, 1.807) is 11.3 Å². The molecule has 0 aliphatic heterocycles. The molecule has 4 heteroatoms. The smallest absolute Gasteiger partial charge is 0.0794 e. The number of nitrogens with one attached hydrogen (secondary N) is 1. The highest BCUT2D eigenvalue weighted by Crippen LogP contribution is 2.27. The van der Waals surface area contributed by atoms with Crippen LogP contribution in [0.25, 0.3) is 0 Å². The van der Waals surface area contributed by atoms with E-state index < -0.39 is 0 Å². The van der Waals surface area contributed by atoms with Crippen LogP contribution in [0, 0.1) is 0 Å². The van der Waals surface area contributed by atoms with Crippen LogP contribution in [0.5, 0.6) is 0 Å². The number of nitrogens with zero attached hydrogens (tertiary/aromatic N) is 1. The molecular weight excluding hydrogens is 184 g/mol. The van der Waals surface area contributed by atoms with Crippen molar-refractivity contribution in [2.24, 2.45) is 0 Å². The van der Waals surface area contributed by atoms with Crippen LogP contribution in [0.2, 0.25) is 0 Å². The van der Waals surface area contributed by atoms with Gasteiger partial charge in [-0.3, -0.25) is 4.98 Å². The lowest BCUT2D eigenvalue weighted by Crippen LogP contribution is -2.23. The first-order chi connectivity index (χ1) is 6.40. The Morgan fingerprint density at radius 1 is 1.69 bits per heavy atom. The molecule has 1 aromatic heterocycles. The second-order valence-electron chi connectivity index (χ2n) is 3.41. The number of aliphatic hydroxyl groups is 1. The second-order valence-corrected chi connectivity index (χ2v) is 4.33. The minimum absolute atomic E-state index is 0.238. The molecule has 0 amide bonds. The average Bonchev–Trinajstić information content (AvgIpc) is 2.80. The van der Waals surface area contributed by atoms with Crippen LogP contribution in [-0.2, 0) is 0 Å². The van der Waals surface area contributed by atoms with E-state index >= 15 is 0 Å². The number of aromatic nitrogens is 1. The van der Waals surface area contributed by atoms with E-state index in [-0.39, 0.29) is 6.61 Å². The van der Waals surface area contributed by atoms with Crippen molar-refractivity contribution in [3.63, 3.8) is 0 Å². The van der Waals surface area contributed by atoms with Crippen molar-refractivity contribution in [3.8, 4) is 0 Å². The first-order valence-corrected chi connectivity index (χ1v) is 5.53. The van der Waals surface area contributed by atoms with Gasteiger partial charge in [0, 0.05) is 29.8 Å². The van der Waals surface area contributed by atoms with Crippen molar-refractivity contribution in [1.82, 2.24) is 10.3 Å². The first kappa shape index (κ1) is 9.12. The SMILES string of the molecule is OCCC(NC1CC1)c1cncs1. The second kappa shape index (κ2) is 4.17. The van der Waals surface area contributed by atoms with Gasteiger partial charge in [-0.15, -0.1) is 11.3 Å². The number of thiazole rings is 1. The van der Waals surface area contributed by atoms with Gasteiger partial charge in [-0.2, -0.15) is 0 Å². The Hall–Kier alpha value is -0.450.